The predicted octanol–water partition coefficient (Wildman–Crippen LogP) is 3.94. The third kappa shape index (κ3) is 3.49. The molecule has 0 aliphatic rings. The second-order valence-corrected chi connectivity index (χ2v) is 4.77. The Balaban J connectivity index is 2.68. The lowest BCUT2D eigenvalue weighted by Crippen LogP contribution is -2.01. The van der Waals surface area contributed by atoms with Crippen LogP contribution in [-0.4, -0.2) is 11.9 Å². The van der Waals surface area contributed by atoms with E-state index in [2.05, 4.69) is 22.9 Å². The SMILES string of the molecule is CCC(Br)CCc1cccc(OC)c1F. The Morgan fingerprint density at radius 3 is 2.80 bits per heavy atom. The number of aryl methyl sites for hydroxylation is 1. The summed E-state index contributed by atoms with van der Waals surface area (Å²) in [5.41, 5.74) is 0.729. The molecular formula is C12H16BrFO. The zero-order valence-corrected chi connectivity index (χ0v) is 10.7. The van der Waals surface area contributed by atoms with Gasteiger partial charge in [-0.2, -0.15) is 0 Å². The maximum atomic E-state index is 13.7. The fourth-order valence-electron chi connectivity index (χ4n) is 1.42. The van der Waals surface area contributed by atoms with E-state index < -0.39 is 0 Å². The average molecular weight is 275 g/mol. The van der Waals surface area contributed by atoms with Gasteiger partial charge in [-0.3, -0.25) is 0 Å². The Hall–Kier alpha value is -0.570. The zero-order chi connectivity index (χ0) is 11.3. The minimum Gasteiger partial charge on any atom is -0.494 e. The van der Waals surface area contributed by atoms with Crippen LogP contribution < -0.4 is 4.74 Å². The van der Waals surface area contributed by atoms with E-state index in [9.17, 15) is 4.39 Å². The highest BCUT2D eigenvalue weighted by atomic mass is 79.9. The van der Waals surface area contributed by atoms with Crippen LogP contribution in [0.2, 0.25) is 0 Å². The van der Waals surface area contributed by atoms with Gasteiger partial charge in [0.1, 0.15) is 0 Å². The fourth-order valence-corrected chi connectivity index (χ4v) is 1.65. The summed E-state index contributed by atoms with van der Waals surface area (Å²) in [6.07, 6.45) is 2.75. The predicted molar refractivity (Wildman–Crippen MR) is 64.3 cm³/mol. The number of hydrogen-bond donors (Lipinski definition) is 0. The molecule has 0 fully saturated rings. The van der Waals surface area contributed by atoms with Crippen LogP contribution in [0.4, 0.5) is 4.39 Å². The normalized spacial score (nSPS) is 12.5. The Morgan fingerprint density at radius 2 is 2.20 bits per heavy atom. The van der Waals surface area contributed by atoms with E-state index in [0.29, 0.717) is 10.6 Å². The molecule has 0 saturated heterocycles. The van der Waals surface area contributed by atoms with Crippen LogP contribution in [0.25, 0.3) is 0 Å². The molecule has 0 saturated carbocycles. The smallest absolute Gasteiger partial charge is 0.168 e. The van der Waals surface area contributed by atoms with Crippen molar-refractivity contribution in [2.45, 2.75) is 31.0 Å². The van der Waals surface area contributed by atoms with Crippen molar-refractivity contribution in [1.29, 1.82) is 0 Å². The third-order valence-electron chi connectivity index (χ3n) is 2.43. The van der Waals surface area contributed by atoms with Crippen LogP contribution >= 0.6 is 15.9 Å². The van der Waals surface area contributed by atoms with E-state index in [0.717, 1.165) is 24.8 Å². The Kier molecular flexibility index (Phi) is 5.09. The van der Waals surface area contributed by atoms with Gasteiger partial charge in [0.15, 0.2) is 11.6 Å². The van der Waals surface area contributed by atoms with Crippen molar-refractivity contribution < 1.29 is 9.13 Å². The summed E-state index contributed by atoms with van der Waals surface area (Å²) in [6, 6.07) is 5.28. The third-order valence-corrected chi connectivity index (χ3v) is 3.54. The quantitative estimate of drug-likeness (QED) is 0.739. The summed E-state index contributed by atoms with van der Waals surface area (Å²) in [7, 11) is 1.49. The highest BCUT2D eigenvalue weighted by Gasteiger charge is 2.09. The summed E-state index contributed by atoms with van der Waals surface area (Å²) < 4.78 is 18.6. The number of alkyl halides is 1. The highest BCUT2D eigenvalue weighted by Crippen LogP contribution is 2.22. The van der Waals surface area contributed by atoms with Crippen LogP contribution in [0, 0.1) is 5.82 Å². The lowest BCUT2D eigenvalue weighted by molar-refractivity contribution is 0.384. The molecular weight excluding hydrogens is 259 g/mol. The van der Waals surface area contributed by atoms with Gasteiger partial charge in [0, 0.05) is 4.83 Å². The molecule has 1 rings (SSSR count). The van der Waals surface area contributed by atoms with Crippen molar-refractivity contribution in [2.75, 3.05) is 7.11 Å². The summed E-state index contributed by atoms with van der Waals surface area (Å²) in [5, 5.41) is 0. The number of methoxy groups -OCH3 is 1. The monoisotopic (exact) mass is 274 g/mol. The van der Waals surface area contributed by atoms with Crippen LogP contribution in [0.1, 0.15) is 25.3 Å². The molecule has 0 aliphatic carbocycles. The minimum atomic E-state index is -0.226. The molecule has 0 spiro atoms. The first kappa shape index (κ1) is 12.5. The summed E-state index contributed by atoms with van der Waals surface area (Å²) >= 11 is 3.54. The van der Waals surface area contributed by atoms with Gasteiger partial charge in [-0.25, -0.2) is 4.39 Å². The molecule has 1 nitrogen and oxygen atoms in total. The second-order valence-electron chi connectivity index (χ2n) is 3.48. The van der Waals surface area contributed by atoms with E-state index in [1.165, 1.54) is 7.11 Å². The van der Waals surface area contributed by atoms with E-state index in [1.807, 2.05) is 12.1 Å². The molecule has 1 aromatic rings. The van der Waals surface area contributed by atoms with Gasteiger partial charge >= 0.3 is 0 Å². The molecule has 3 heteroatoms. The van der Waals surface area contributed by atoms with Gasteiger partial charge in [-0.15, -0.1) is 0 Å². The number of halogens is 2. The first-order chi connectivity index (χ1) is 7.19. The van der Waals surface area contributed by atoms with Gasteiger partial charge in [0.2, 0.25) is 0 Å². The van der Waals surface area contributed by atoms with E-state index in [-0.39, 0.29) is 5.82 Å². The number of ether oxygens (including phenoxy) is 1. The summed E-state index contributed by atoms with van der Waals surface area (Å²) in [4.78, 5) is 0.461. The molecule has 0 aromatic heterocycles. The number of benzene rings is 1. The zero-order valence-electron chi connectivity index (χ0n) is 9.09. The van der Waals surface area contributed by atoms with Gasteiger partial charge in [-0.1, -0.05) is 35.0 Å². The topological polar surface area (TPSA) is 9.23 Å². The molecule has 0 N–H and O–H groups in total. The maximum Gasteiger partial charge on any atom is 0.168 e. The Labute approximate surface area is 98.8 Å². The molecule has 0 amide bonds. The van der Waals surface area contributed by atoms with Crippen molar-refractivity contribution in [3.05, 3.63) is 29.6 Å². The van der Waals surface area contributed by atoms with Crippen LogP contribution in [-0.2, 0) is 6.42 Å². The van der Waals surface area contributed by atoms with Gasteiger partial charge in [-0.05, 0) is 30.9 Å². The van der Waals surface area contributed by atoms with Crippen molar-refractivity contribution >= 4 is 15.9 Å². The molecule has 0 bridgehead atoms. The van der Waals surface area contributed by atoms with Gasteiger partial charge in [0.25, 0.3) is 0 Å². The largest absolute Gasteiger partial charge is 0.494 e. The molecule has 1 aromatic carbocycles. The van der Waals surface area contributed by atoms with E-state index >= 15 is 0 Å². The Morgan fingerprint density at radius 1 is 1.47 bits per heavy atom. The lowest BCUT2D eigenvalue weighted by Gasteiger charge is -2.09. The van der Waals surface area contributed by atoms with Crippen molar-refractivity contribution in [3.8, 4) is 5.75 Å². The molecule has 0 radical (unpaired) electrons. The minimum absolute atomic E-state index is 0.226. The first-order valence-electron chi connectivity index (χ1n) is 5.14. The maximum absolute atomic E-state index is 13.7. The highest BCUT2D eigenvalue weighted by molar-refractivity contribution is 9.09. The van der Waals surface area contributed by atoms with Crippen molar-refractivity contribution in [1.82, 2.24) is 0 Å². The van der Waals surface area contributed by atoms with Gasteiger partial charge < -0.3 is 4.74 Å². The fraction of sp³-hybridized carbons (Fsp3) is 0.500. The molecule has 84 valence electrons. The van der Waals surface area contributed by atoms with Crippen LogP contribution in [0.5, 0.6) is 5.75 Å². The number of hydrogen-bond acceptors (Lipinski definition) is 1. The van der Waals surface area contributed by atoms with E-state index in [1.54, 1.807) is 6.07 Å². The molecule has 0 heterocycles. The summed E-state index contributed by atoms with van der Waals surface area (Å²) in [5.74, 6) is 0.103. The first-order valence-corrected chi connectivity index (χ1v) is 6.06. The van der Waals surface area contributed by atoms with Crippen LogP contribution in [0.15, 0.2) is 18.2 Å². The van der Waals surface area contributed by atoms with Crippen molar-refractivity contribution in [2.24, 2.45) is 0 Å². The van der Waals surface area contributed by atoms with E-state index in [4.69, 9.17) is 4.74 Å². The average Bonchev–Trinajstić information content (AvgIpc) is 2.27. The number of rotatable bonds is 5. The van der Waals surface area contributed by atoms with Gasteiger partial charge in [0.05, 0.1) is 7.11 Å². The molecule has 15 heavy (non-hydrogen) atoms. The van der Waals surface area contributed by atoms with Crippen LogP contribution in [0.3, 0.4) is 0 Å². The Bertz CT molecular complexity index is 314. The molecule has 0 aliphatic heterocycles. The second kappa shape index (κ2) is 6.11. The summed E-state index contributed by atoms with van der Waals surface area (Å²) in [6.45, 7) is 2.11. The molecule has 1 atom stereocenters. The van der Waals surface area contributed by atoms with Crippen molar-refractivity contribution in [3.63, 3.8) is 0 Å². The standard InChI is InChI=1S/C12H16BrFO/c1-3-10(13)8-7-9-5-4-6-11(15-2)12(9)14/h4-6,10H,3,7-8H2,1-2H3. The lowest BCUT2D eigenvalue weighted by atomic mass is 10.1. The molecule has 1 unspecified atom stereocenters.